The number of aromatic nitrogens is 2. The van der Waals surface area contributed by atoms with Crippen molar-refractivity contribution in [2.24, 2.45) is 0 Å². The minimum atomic E-state index is -0.453. The Bertz CT molecular complexity index is 913. The van der Waals surface area contributed by atoms with E-state index in [9.17, 15) is 4.79 Å². The molecule has 1 aromatic heterocycles. The van der Waals surface area contributed by atoms with Gasteiger partial charge >= 0.3 is 0 Å². The number of halogens is 1. The van der Waals surface area contributed by atoms with Crippen LogP contribution >= 0.6 is 11.6 Å². The first kappa shape index (κ1) is 17.8. The molecule has 0 unspecified atom stereocenters. The van der Waals surface area contributed by atoms with Gasteiger partial charge in [-0.05, 0) is 48.2 Å². The molecule has 1 fully saturated rings. The van der Waals surface area contributed by atoms with Crippen molar-refractivity contribution < 1.29 is 4.79 Å². The molecule has 1 aliphatic carbocycles. The van der Waals surface area contributed by atoms with Crippen LogP contribution in [0.25, 0.3) is 5.69 Å². The summed E-state index contributed by atoms with van der Waals surface area (Å²) < 4.78 is 1.83. The average Bonchev–Trinajstić information content (AvgIpc) is 3.39. The summed E-state index contributed by atoms with van der Waals surface area (Å²) in [7, 11) is 0. The predicted octanol–water partition coefficient (Wildman–Crippen LogP) is 4.65. The third-order valence-electron chi connectivity index (χ3n) is 5.47. The molecule has 0 radical (unpaired) electrons. The summed E-state index contributed by atoms with van der Waals surface area (Å²) in [4.78, 5) is 13.3. The topological polar surface area (TPSA) is 46.9 Å². The highest BCUT2D eigenvalue weighted by molar-refractivity contribution is 6.30. The summed E-state index contributed by atoms with van der Waals surface area (Å²) in [6, 6.07) is 17.6. The molecule has 1 aliphatic rings. The lowest BCUT2D eigenvalue weighted by molar-refractivity contribution is -0.126. The lowest BCUT2D eigenvalue weighted by Gasteiger charge is -2.28. The summed E-state index contributed by atoms with van der Waals surface area (Å²) in [6.45, 7) is 0.476. The van der Waals surface area contributed by atoms with Crippen molar-refractivity contribution in [2.75, 3.05) is 0 Å². The maximum absolute atomic E-state index is 13.3. The van der Waals surface area contributed by atoms with Crippen molar-refractivity contribution in [1.29, 1.82) is 0 Å². The number of benzene rings is 2. The number of hydrogen-bond donors (Lipinski definition) is 1. The van der Waals surface area contributed by atoms with Crippen LogP contribution in [0.3, 0.4) is 0 Å². The number of hydrogen-bond acceptors (Lipinski definition) is 2. The molecule has 0 atom stereocenters. The van der Waals surface area contributed by atoms with Crippen molar-refractivity contribution in [3.05, 3.63) is 83.1 Å². The quantitative estimate of drug-likeness (QED) is 0.701. The molecule has 0 aliphatic heterocycles. The zero-order chi connectivity index (χ0) is 18.7. The minimum Gasteiger partial charge on any atom is -0.351 e. The van der Waals surface area contributed by atoms with E-state index in [0.717, 1.165) is 42.5 Å². The molecule has 1 amide bonds. The number of carbonyl (C=O) groups excluding carboxylic acids is 1. The summed E-state index contributed by atoms with van der Waals surface area (Å²) >= 11 is 6.04. The number of carbonyl (C=O) groups is 1. The van der Waals surface area contributed by atoms with E-state index in [1.54, 1.807) is 6.20 Å². The molecule has 0 bridgehead atoms. The van der Waals surface area contributed by atoms with Gasteiger partial charge in [-0.25, -0.2) is 4.68 Å². The van der Waals surface area contributed by atoms with E-state index in [1.807, 2.05) is 65.5 Å². The van der Waals surface area contributed by atoms with Crippen LogP contribution in [-0.4, -0.2) is 15.7 Å². The molecule has 5 heteroatoms. The lowest BCUT2D eigenvalue weighted by atomic mass is 9.78. The summed E-state index contributed by atoms with van der Waals surface area (Å²) in [5.74, 6) is 0.0950. The predicted molar refractivity (Wildman–Crippen MR) is 107 cm³/mol. The number of rotatable bonds is 5. The Morgan fingerprint density at radius 2 is 1.81 bits per heavy atom. The Hall–Kier alpha value is -2.59. The van der Waals surface area contributed by atoms with Gasteiger partial charge in [-0.1, -0.05) is 54.8 Å². The molecule has 2 aromatic carbocycles. The molecule has 1 heterocycles. The van der Waals surface area contributed by atoms with E-state index in [4.69, 9.17) is 11.6 Å². The second-order valence-electron chi connectivity index (χ2n) is 7.06. The Morgan fingerprint density at radius 3 is 2.52 bits per heavy atom. The molecule has 1 N–H and O–H groups in total. The zero-order valence-corrected chi connectivity index (χ0v) is 15.8. The second kappa shape index (κ2) is 7.57. The van der Waals surface area contributed by atoms with E-state index in [1.165, 1.54) is 0 Å². The highest BCUT2D eigenvalue weighted by Crippen LogP contribution is 2.41. The molecule has 3 aromatic rings. The maximum Gasteiger partial charge on any atom is 0.230 e. The van der Waals surface area contributed by atoms with Gasteiger partial charge < -0.3 is 5.32 Å². The molecule has 0 saturated heterocycles. The first-order valence-corrected chi connectivity index (χ1v) is 9.69. The Kier molecular flexibility index (Phi) is 4.99. The molecule has 138 valence electrons. The van der Waals surface area contributed by atoms with Crippen LogP contribution in [0.4, 0.5) is 0 Å². The second-order valence-corrected chi connectivity index (χ2v) is 7.49. The lowest BCUT2D eigenvalue weighted by Crippen LogP contribution is -2.42. The fourth-order valence-electron chi connectivity index (χ4n) is 4.03. The van der Waals surface area contributed by atoms with Crippen molar-refractivity contribution in [1.82, 2.24) is 15.1 Å². The van der Waals surface area contributed by atoms with E-state index < -0.39 is 5.41 Å². The normalized spacial score (nSPS) is 15.6. The molecular formula is C22H22ClN3O. The molecular weight excluding hydrogens is 358 g/mol. The van der Waals surface area contributed by atoms with E-state index in [-0.39, 0.29) is 5.91 Å². The highest BCUT2D eigenvalue weighted by atomic mass is 35.5. The monoisotopic (exact) mass is 379 g/mol. The standard InChI is InChI=1S/C22H22ClN3O/c23-19-10-8-18(9-11-19)22(12-3-4-13-22)21(27)24-16-17-6-1-2-7-20(17)26-15-5-14-25-26/h1-2,5-11,14-15H,3-4,12-13,16H2,(H,24,27). The maximum atomic E-state index is 13.3. The average molecular weight is 380 g/mol. The summed E-state index contributed by atoms with van der Waals surface area (Å²) in [5.41, 5.74) is 2.63. The van der Waals surface area contributed by atoms with Crippen molar-refractivity contribution >= 4 is 17.5 Å². The van der Waals surface area contributed by atoms with E-state index in [0.29, 0.717) is 11.6 Å². The van der Waals surface area contributed by atoms with Gasteiger partial charge in [0.25, 0.3) is 0 Å². The van der Waals surface area contributed by atoms with Gasteiger partial charge in [-0.2, -0.15) is 5.10 Å². The summed E-state index contributed by atoms with van der Waals surface area (Å²) in [6.07, 6.45) is 7.55. The molecule has 4 rings (SSSR count). The van der Waals surface area contributed by atoms with Crippen molar-refractivity contribution in [3.8, 4) is 5.69 Å². The number of para-hydroxylation sites is 1. The fraction of sp³-hybridized carbons (Fsp3) is 0.273. The fourth-order valence-corrected chi connectivity index (χ4v) is 4.16. The van der Waals surface area contributed by atoms with Gasteiger partial charge in [-0.3, -0.25) is 4.79 Å². The minimum absolute atomic E-state index is 0.0950. The smallest absolute Gasteiger partial charge is 0.230 e. The van der Waals surface area contributed by atoms with Crippen LogP contribution < -0.4 is 5.32 Å². The third-order valence-corrected chi connectivity index (χ3v) is 5.72. The van der Waals surface area contributed by atoms with Gasteiger partial charge in [0.1, 0.15) is 0 Å². The van der Waals surface area contributed by atoms with Crippen LogP contribution in [-0.2, 0) is 16.8 Å². The molecule has 4 nitrogen and oxygen atoms in total. The van der Waals surface area contributed by atoms with Gasteiger partial charge in [0.05, 0.1) is 11.1 Å². The number of amides is 1. The van der Waals surface area contributed by atoms with Gasteiger partial charge in [0.2, 0.25) is 5.91 Å². The molecule has 27 heavy (non-hydrogen) atoms. The highest BCUT2D eigenvalue weighted by Gasteiger charge is 2.42. The molecule has 1 saturated carbocycles. The van der Waals surface area contributed by atoms with Crippen molar-refractivity contribution in [3.63, 3.8) is 0 Å². The van der Waals surface area contributed by atoms with Crippen LogP contribution in [0.5, 0.6) is 0 Å². The Balaban J connectivity index is 1.56. The third kappa shape index (κ3) is 3.50. The molecule has 0 spiro atoms. The Labute approximate surface area is 164 Å². The van der Waals surface area contributed by atoms with Crippen LogP contribution in [0, 0.1) is 0 Å². The van der Waals surface area contributed by atoms with Gasteiger partial charge in [0, 0.05) is 24.0 Å². The van der Waals surface area contributed by atoms with Crippen LogP contribution in [0.15, 0.2) is 67.0 Å². The van der Waals surface area contributed by atoms with Gasteiger partial charge in [0.15, 0.2) is 0 Å². The first-order valence-electron chi connectivity index (χ1n) is 9.31. The van der Waals surface area contributed by atoms with Crippen LogP contribution in [0.1, 0.15) is 36.8 Å². The van der Waals surface area contributed by atoms with E-state index >= 15 is 0 Å². The first-order chi connectivity index (χ1) is 13.2. The number of nitrogens with zero attached hydrogens (tertiary/aromatic N) is 2. The van der Waals surface area contributed by atoms with Gasteiger partial charge in [-0.15, -0.1) is 0 Å². The SMILES string of the molecule is O=C(NCc1ccccc1-n1cccn1)C1(c2ccc(Cl)cc2)CCCC1. The zero-order valence-electron chi connectivity index (χ0n) is 15.1. The largest absolute Gasteiger partial charge is 0.351 e. The number of nitrogens with one attached hydrogen (secondary N) is 1. The van der Waals surface area contributed by atoms with E-state index in [2.05, 4.69) is 10.4 Å². The van der Waals surface area contributed by atoms with Crippen molar-refractivity contribution in [2.45, 2.75) is 37.6 Å². The summed E-state index contributed by atoms with van der Waals surface area (Å²) in [5, 5.41) is 8.19. The Morgan fingerprint density at radius 1 is 1.07 bits per heavy atom. The van der Waals surface area contributed by atoms with Crippen LogP contribution in [0.2, 0.25) is 5.02 Å².